The molecule has 0 radical (unpaired) electrons. The molecule has 3 aromatic carbocycles. The molecule has 3 rings (SSSR count). The molecule has 0 aliphatic carbocycles. The van der Waals surface area contributed by atoms with Gasteiger partial charge in [-0.3, -0.25) is 19.6 Å². The van der Waals surface area contributed by atoms with E-state index in [2.05, 4.69) is 10.0 Å². The van der Waals surface area contributed by atoms with Gasteiger partial charge in [0.1, 0.15) is 0 Å². The van der Waals surface area contributed by atoms with Gasteiger partial charge in [-0.05, 0) is 42.5 Å². The Morgan fingerprint density at radius 2 is 1.67 bits per heavy atom. The molecule has 8 nitrogen and oxygen atoms in total. The molecule has 10 heteroatoms. The summed E-state index contributed by atoms with van der Waals surface area (Å²) >= 11 is 5.86. The van der Waals surface area contributed by atoms with E-state index >= 15 is 0 Å². The number of amides is 1. The third kappa shape index (κ3) is 5.34. The minimum absolute atomic E-state index is 0.000767. The standard InChI is InChI=1S/C20H16ClN3O5S/c21-15-5-3-6-17(13-15)23-30(28,29)18-10-8-16(9-11-18)22-20(25)12-14-4-1-2-7-19(14)24(26)27/h1-11,13,23H,12H2,(H,22,25). The molecule has 0 heterocycles. The number of halogens is 1. The third-order valence-electron chi connectivity index (χ3n) is 4.06. The lowest BCUT2D eigenvalue weighted by molar-refractivity contribution is -0.385. The number of carbonyl (C=O) groups excluding carboxylic acids is 1. The molecule has 0 unspecified atom stereocenters. The first-order valence-corrected chi connectivity index (χ1v) is 10.5. The van der Waals surface area contributed by atoms with Crippen LogP contribution < -0.4 is 10.0 Å². The Labute approximate surface area is 177 Å². The molecule has 3 aromatic rings. The maximum Gasteiger partial charge on any atom is 0.273 e. The van der Waals surface area contributed by atoms with Crippen molar-refractivity contribution in [2.45, 2.75) is 11.3 Å². The fourth-order valence-electron chi connectivity index (χ4n) is 2.70. The summed E-state index contributed by atoms with van der Waals surface area (Å²) in [7, 11) is -3.84. The molecular weight excluding hydrogens is 430 g/mol. The second-order valence-corrected chi connectivity index (χ2v) is 8.37. The predicted octanol–water partition coefficient (Wildman–Crippen LogP) is 4.23. The minimum Gasteiger partial charge on any atom is -0.326 e. The van der Waals surface area contributed by atoms with Gasteiger partial charge in [0.25, 0.3) is 15.7 Å². The van der Waals surface area contributed by atoms with Crippen molar-refractivity contribution in [2.75, 3.05) is 10.0 Å². The van der Waals surface area contributed by atoms with Gasteiger partial charge in [0, 0.05) is 22.3 Å². The van der Waals surface area contributed by atoms with Gasteiger partial charge in [-0.1, -0.05) is 35.9 Å². The van der Waals surface area contributed by atoms with Crippen molar-refractivity contribution in [3.8, 4) is 0 Å². The molecule has 30 heavy (non-hydrogen) atoms. The average molecular weight is 446 g/mol. The Kier molecular flexibility index (Phi) is 6.34. The van der Waals surface area contributed by atoms with Gasteiger partial charge in [-0.2, -0.15) is 0 Å². The van der Waals surface area contributed by atoms with Gasteiger partial charge in [0.15, 0.2) is 0 Å². The quantitative estimate of drug-likeness (QED) is 0.416. The van der Waals surface area contributed by atoms with Crippen LogP contribution >= 0.6 is 11.6 Å². The van der Waals surface area contributed by atoms with E-state index in [1.807, 2.05) is 0 Å². The van der Waals surface area contributed by atoms with Crippen molar-refractivity contribution in [2.24, 2.45) is 0 Å². The van der Waals surface area contributed by atoms with E-state index in [-0.39, 0.29) is 22.6 Å². The number of rotatable bonds is 7. The maximum absolute atomic E-state index is 12.5. The van der Waals surface area contributed by atoms with Gasteiger partial charge in [-0.15, -0.1) is 0 Å². The Hall–Kier alpha value is -3.43. The van der Waals surface area contributed by atoms with Crippen molar-refractivity contribution in [3.05, 3.63) is 93.5 Å². The van der Waals surface area contributed by atoms with E-state index in [9.17, 15) is 23.3 Å². The molecule has 0 fully saturated rings. The van der Waals surface area contributed by atoms with E-state index in [4.69, 9.17) is 11.6 Å². The number of sulfonamides is 1. The van der Waals surface area contributed by atoms with Gasteiger partial charge in [-0.25, -0.2) is 8.42 Å². The van der Waals surface area contributed by atoms with Crippen molar-refractivity contribution in [1.82, 2.24) is 0 Å². The van der Waals surface area contributed by atoms with Crippen LogP contribution in [0.2, 0.25) is 5.02 Å². The first kappa shape index (κ1) is 21.3. The van der Waals surface area contributed by atoms with Gasteiger partial charge in [0.2, 0.25) is 5.91 Å². The van der Waals surface area contributed by atoms with Crippen LogP contribution in [-0.2, 0) is 21.2 Å². The number of anilines is 2. The summed E-state index contributed by atoms with van der Waals surface area (Å²) in [5.41, 5.74) is 0.829. The summed E-state index contributed by atoms with van der Waals surface area (Å²) < 4.78 is 27.4. The molecule has 0 atom stereocenters. The van der Waals surface area contributed by atoms with Gasteiger partial charge in [0.05, 0.1) is 21.9 Å². The highest BCUT2D eigenvalue weighted by atomic mass is 35.5. The molecule has 0 saturated carbocycles. The van der Waals surface area contributed by atoms with Crippen molar-refractivity contribution < 1.29 is 18.1 Å². The zero-order valence-electron chi connectivity index (χ0n) is 15.4. The summed E-state index contributed by atoms with van der Waals surface area (Å²) in [6.07, 6.45) is -0.187. The number of nitrogens with one attached hydrogen (secondary N) is 2. The predicted molar refractivity (Wildman–Crippen MR) is 114 cm³/mol. The zero-order chi connectivity index (χ0) is 21.7. The second kappa shape index (κ2) is 8.93. The van der Waals surface area contributed by atoms with E-state index < -0.39 is 20.9 Å². The van der Waals surface area contributed by atoms with Gasteiger partial charge >= 0.3 is 0 Å². The van der Waals surface area contributed by atoms with Crippen molar-refractivity contribution in [3.63, 3.8) is 0 Å². The average Bonchev–Trinajstić information content (AvgIpc) is 2.68. The smallest absolute Gasteiger partial charge is 0.273 e. The Balaban J connectivity index is 1.68. The number of hydrogen-bond donors (Lipinski definition) is 2. The number of nitro groups is 1. The maximum atomic E-state index is 12.5. The second-order valence-electron chi connectivity index (χ2n) is 6.25. The van der Waals surface area contributed by atoms with Crippen LogP contribution in [-0.4, -0.2) is 19.2 Å². The highest BCUT2D eigenvalue weighted by Crippen LogP contribution is 2.22. The van der Waals surface area contributed by atoms with Crippen LogP contribution in [0, 0.1) is 10.1 Å². The first-order chi connectivity index (χ1) is 14.2. The highest BCUT2D eigenvalue weighted by molar-refractivity contribution is 7.92. The van der Waals surface area contributed by atoms with Crippen molar-refractivity contribution >= 4 is 44.6 Å². The number of carbonyl (C=O) groups is 1. The van der Waals surface area contributed by atoms with E-state index in [0.29, 0.717) is 16.4 Å². The van der Waals surface area contributed by atoms with Crippen LogP contribution in [0.5, 0.6) is 0 Å². The van der Waals surface area contributed by atoms with Crippen LogP contribution in [0.3, 0.4) is 0 Å². The van der Waals surface area contributed by atoms with Crippen LogP contribution in [0.15, 0.2) is 77.7 Å². The number of nitrogens with zero attached hydrogens (tertiary/aromatic N) is 1. The lowest BCUT2D eigenvalue weighted by Crippen LogP contribution is -2.16. The fourth-order valence-corrected chi connectivity index (χ4v) is 3.94. The highest BCUT2D eigenvalue weighted by Gasteiger charge is 2.17. The topological polar surface area (TPSA) is 118 Å². The molecule has 2 N–H and O–H groups in total. The molecule has 0 saturated heterocycles. The number of benzene rings is 3. The Bertz CT molecular complexity index is 1200. The van der Waals surface area contributed by atoms with Gasteiger partial charge < -0.3 is 5.32 Å². The number of nitro benzene ring substituents is 1. The van der Waals surface area contributed by atoms with Crippen molar-refractivity contribution in [1.29, 1.82) is 0 Å². The molecule has 0 aliphatic heterocycles. The third-order valence-corrected chi connectivity index (χ3v) is 5.70. The normalized spacial score (nSPS) is 11.0. The minimum atomic E-state index is -3.84. The molecular formula is C20H16ClN3O5S. The summed E-state index contributed by atoms with van der Waals surface area (Å²) in [4.78, 5) is 22.7. The van der Waals surface area contributed by atoms with Crippen LogP contribution in [0.4, 0.5) is 17.1 Å². The fraction of sp³-hybridized carbons (Fsp3) is 0.0500. The van der Waals surface area contributed by atoms with Crippen LogP contribution in [0.25, 0.3) is 0 Å². The Morgan fingerprint density at radius 1 is 0.967 bits per heavy atom. The summed E-state index contributed by atoms with van der Waals surface area (Å²) in [6, 6.07) is 17.8. The summed E-state index contributed by atoms with van der Waals surface area (Å²) in [5.74, 6) is -0.461. The number of para-hydroxylation sites is 1. The van der Waals surface area contributed by atoms with Crippen LogP contribution in [0.1, 0.15) is 5.56 Å². The monoisotopic (exact) mass is 445 g/mol. The van der Waals surface area contributed by atoms with E-state index in [1.54, 1.807) is 24.3 Å². The molecule has 0 bridgehead atoms. The molecule has 0 aromatic heterocycles. The summed E-state index contributed by atoms with van der Waals surface area (Å²) in [5, 5.41) is 14.0. The molecule has 0 spiro atoms. The Morgan fingerprint density at radius 3 is 2.33 bits per heavy atom. The zero-order valence-corrected chi connectivity index (χ0v) is 17.0. The largest absolute Gasteiger partial charge is 0.326 e. The first-order valence-electron chi connectivity index (χ1n) is 8.65. The molecule has 0 aliphatic rings. The lowest BCUT2D eigenvalue weighted by atomic mass is 10.1. The SMILES string of the molecule is O=C(Cc1ccccc1[N+](=O)[O-])Nc1ccc(S(=O)(=O)Nc2cccc(Cl)c2)cc1. The van der Waals surface area contributed by atoms with E-state index in [1.165, 1.54) is 48.5 Å². The lowest BCUT2D eigenvalue weighted by Gasteiger charge is -2.10. The number of hydrogen-bond acceptors (Lipinski definition) is 5. The van der Waals surface area contributed by atoms with E-state index in [0.717, 1.165) is 0 Å². The molecule has 1 amide bonds. The summed E-state index contributed by atoms with van der Waals surface area (Å²) in [6.45, 7) is 0. The molecule has 154 valence electrons.